The van der Waals surface area contributed by atoms with Gasteiger partial charge in [-0.1, -0.05) is 29.3 Å². The van der Waals surface area contributed by atoms with E-state index < -0.39 is 24.3 Å². The zero-order valence-corrected chi connectivity index (χ0v) is 23.3. The molecule has 212 valence electrons. The SMILES string of the molecule is CCOc1cc([C@H]2NC(=O)NC(C)=C2C(=O)OC)ccc1OC[C@H](O)N/N=C/c1cc(Cl)cc(Cl)c1OCC#N. The standard InChI is InChI=1S/C26H27Cl2N5O7/c1-4-38-20-10-15(23-22(25(35)37-3)14(2)31-26(36)32-23)5-6-19(20)40-13-21(34)33-30-12-16-9-17(27)11-18(28)24(16)39-8-7-29/h5-6,9-12,21,23,33-34H,4,8,13H2,1-3H3,(H2,31,32,36)/b30-12+/t21-,23+/m0/s1. The number of urea groups is 1. The van der Waals surface area contributed by atoms with Crippen molar-refractivity contribution in [1.82, 2.24) is 16.1 Å². The minimum Gasteiger partial charge on any atom is -0.490 e. The van der Waals surface area contributed by atoms with Gasteiger partial charge in [-0.25, -0.2) is 9.59 Å². The summed E-state index contributed by atoms with van der Waals surface area (Å²) in [6.07, 6.45) is 0.0966. The Morgan fingerprint density at radius 2 is 2.02 bits per heavy atom. The van der Waals surface area contributed by atoms with Crippen LogP contribution in [0.2, 0.25) is 10.0 Å². The third kappa shape index (κ3) is 7.69. The second-order valence-electron chi connectivity index (χ2n) is 8.17. The van der Waals surface area contributed by atoms with Gasteiger partial charge in [0.05, 0.1) is 36.6 Å². The minimum atomic E-state index is -1.23. The summed E-state index contributed by atoms with van der Waals surface area (Å²) in [5.74, 6) is 0.269. The highest BCUT2D eigenvalue weighted by atomic mass is 35.5. The molecule has 0 bridgehead atoms. The van der Waals surface area contributed by atoms with Gasteiger partial charge in [0.2, 0.25) is 0 Å². The number of carbonyl (C=O) groups excluding carboxylic acids is 2. The van der Waals surface area contributed by atoms with Crippen molar-refractivity contribution in [2.75, 3.05) is 26.9 Å². The maximum atomic E-state index is 12.4. The van der Waals surface area contributed by atoms with Crippen LogP contribution in [0.15, 0.2) is 46.7 Å². The Kier molecular flexibility index (Phi) is 10.8. The Balaban J connectivity index is 1.72. The van der Waals surface area contributed by atoms with E-state index in [0.717, 1.165) is 0 Å². The molecule has 0 spiro atoms. The molecule has 0 saturated carbocycles. The predicted octanol–water partition coefficient (Wildman–Crippen LogP) is 3.42. The lowest BCUT2D eigenvalue weighted by molar-refractivity contribution is -0.136. The number of hydrogen-bond donors (Lipinski definition) is 4. The van der Waals surface area contributed by atoms with Crippen LogP contribution in [-0.2, 0) is 9.53 Å². The molecule has 12 nitrogen and oxygen atoms in total. The summed E-state index contributed by atoms with van der Waals surface area (Å²) in [7, 11) is 1.26. The Hall–Kier alpha value is -4.18. The molecule has 1 aliphatic heterocycles. The molecule has 3 rings (SSSR count). The van der Waals surface area contributed by atoms with Crippen LogP contribution in [0.1, 0.15) is 31.0 Å². The van der Waals surface area contributed by atoms with Gasteiger partial charge < -0.3 is 34.7 Å². The maximum absolute atomic E-state index is 12.4. The molecule has 0 saturated heterocycles. The van der Waals surface area contributed by atoms with Gasteiger partial charge in [-0.15, -0.1) is 0 Å². The van der Waals surface area contributed by atoms with Crippen molar-refractivity contribution in [2.24, 2.45) is 5.10 Å². The third-order valence-corrected chi connectivity index (χ3v) is 5.92. The van der Waals surface area contributed by atoms with E-state index in [2.05, 4.69) is 21.2 Å². The maximum Gasteiger partial charge on any atom is 0.337 e. The smallest absolute Gasteiger partial charge is 0.337 e. The summed E-state index contributed by atoms with van der Waals surface area (Å²) in [5, 5.41) is 28.9. The molecule has 2 aromatic rings. The quantitative estimate of drug-likeness (QED) is 0.125. The summed E-state index contributed by atoms with van der Waals surface area (Å²) in [6.45, 7) is 3.25. The molecule has 0 radical (unpaired) electrons. The predicted molar refractivity (Wildman–Crippen MR) is 147 cm³/mol. The number of nitrogens with one attached hydrogen (secondary N) is 3. The van der Waals surface area contributed by atoms with Crippen LogP contribution in [0.5, 0.6) is 17.2 Å². The Morgan fingerprint density at radius 1 is 1.25 bits per heavy atom. The van der Waals surface area contributed by atoms with Crippen LogP contribution >= 0.6 is 23.2 Å². The number of carbonyl (C=O) groups is 2. The van der Waals surface area contributed by atoms with Crippen molar-refractivity contribution in [3.8, 4) is 23.3 Å². The fourth-order valence-corrected chi connectivity index (χ4v) is 4.31. The molecule has 0 aliphatic carbocycles. The Morgan fingerprint density at radius 3 is 2.73 bits per heavy atom. The summed E-state index contributed by atoms with van der Waals surface area (Å²) in [5.41, 5.74) is 4.08. The van der Waals surface area contributed by atoms with Gasteiger partial charge in [-0.2, -0.15) is 10.4 Å². The topological polar surface area (TPSA) is 164 Å². The fraction of sp³-hybridized carbons (Fsp3) is 0.308. The highest BCUT2D eigenvalue weighted by molar-refractivity contribution is 6.36. The number of methoxy groups -OCH3 is 1. The van der Waals surface area contributed by atoms with Gasteiger partial charge in [0.25, 0.3) is 0 Å². The molecule has 14 heteroatoms. The van der Waals surface area contributed by atoms with Crippen molar-refractivity contribution in [1.29, 1.82) is 5.26 Å². The number of amides is 2. The molecule has 1 heterocycles. The van der Waals surface area contributed by atoms with Crippen molar-refractivity contribution < 1.29 is 33.6 Å². The van der Waals surface area contributed by atoms with E-state index in [4.69, 9.17) is 47.4 Å². The average Bonchev–Trinajstić information content (AvgIpc) is 2.91. The largest absolute Gasteiger partial charge is 0.490 e. The highest BCUT2D eigenvalue weighted by Gasteiger charge is 2.32. The number of ether oxygens (including phenoxy) is 4. The first-order chi connectivity index (χ1) is 19.2. The van der Waals surface area contributed by atoms with Gasteiger partial charge in [-0.3, -0.25) is 5.43 Å². The molecule has 0 aromatic heterocycles. The second-order valence-corrected chi connectivity index (χ2v) is 9.01. The summed E-state index contributed by atoms with van der Waals surface area (Å²) in [4.78, 5) is 24.5. The number of allylic oxidation sites excluding steroid dienone is 1. The number of aliphatic hydroxyl groups is 1. The van der Waals surface area contributed by atoms with Crippen LogP contribution in [0.3, 0.4) is 0 Å². The number of hydrogen-bond acceptors (Lipinski definition) is 10. The summed E-state index contributed by atoms with van der Waals surface area (Å²) in [6, 6.07) is 8.51. The molecule has 2 aromatic carbocycles. The zero-order chi connectivity index (χ0) is 29.2. The molecule has 0 unspecified atom stereocenters. The van der Waals surface area contributed by atoms with Crippen LogP contribution in [-0.4, -0.2) is 56.5 Å². The number of aliphatic hydroxyl groups excluding tert-OH is 1. The first kappa shape index (κ1) is 30.4. The Labute approximate surface area is 240 Å². The molecule has 2 atom stereocenters. The van der Waals surface area contributed by atoms with E-state index in [1.165, 1.54) is 25.5 Å². The number of benzene rings is 2. The lowest BCUT2D eigenvalue weighted by Gasteiger charge is -2.28. The van der Waals surface area contributed by atoms with E-state index >= 15 is 0 Å². The van der Waals surface area contributed by atoms with Crippen molar-refractivity contribution in [2.45, 2.75) is 26.1 Å². The van der Waals surface area contributed by atoms with Crippen LogP contribution in [0.4, 0.5) is 4.79 Å². The highest BCUT2D eigenvalue weighted by Crippen LogP contribution is 2.35. The lowest BCUT2D eigenvalue weighted by Crippen LogP contribution is -2.45. The molecule has 0 fully saturated rings. The average molecular weight is 592 g/mol. The van der Waals surface area contributed by atoms with E-state index in [-0.39, 0.29) is 29.6 Å². The third-order valence-electron chi connectivity index (χ3n) is 5.42. The molecular weight excluding hydrogens is 565 g/mol. The normalized spacial score (nSPS) is 15.5. The molecule has 2 amide bonds. The van der Waals surface area contributed by atoms with E-state index in [0.29, 0.717) is 40.0 Å². The number of halogens is 2. The van der Waals surface area contributed by atoms with Crippen LogP contribution in [0.25, 0.3) is 0 Å². The van der Waals surface area contributed by atoms with E-state index in [1.54, 1.807) is 32.0 Å². The molecule has 40 heavy (non-hydrogen) atoms. The van der Waals surface area contributed by atoms with E-state index in [9.17, 15) is 14.7 Å². The Bertz CT molecular complexity index is 1360. The van der Waals surface area contributed by atoms with Gasteiger partial charge in [0.1, 0.15) is 18.4 Å². The van der Waals surface area contributed by atoms with Crippen molar-refractivity contribution in [3.05, 3.63) is 62.8 Å². The van der Waals surface area contributed by atoms with Gasteiger partial charge in [0, 0.05) is 16.3 Å². The molecule has 1 aliphatic rings. The van der Waals surface area contributed by atoms with Crippen LogP contribution < -0.4 is 30.3 Å². The van der Waals surface area contributed by atoms with Gasteiger partial charge in [-0.05, 0) is 43.7 Å². The first-order valence-electron chi connectivity index (χ1n) is 11.9. The monoisotopic (exact) mass is 591 g/mol. The molecule has 4 N–H and O–H groups in total. The summed E-state index contributed by atoms with van der Waals surface area (Å²) < 4.78 is 21.7. The first-order valence-corrected chi connectivity index (χ1v) is 12.7. The van der Waals surface area contributed by atoms with Gasteiger partial charge >= 0.3 is 12.0 Å². The summed E-state index contributed by atoms with van der Waals surface area (Å²) >= 11 is 12.2. The minimum absolute atomic E-state index is 0.202. The number of nitriles is 1. The molecular formula is C26H27Cl2N5O7. The van der Waals surface area contributed by atoms with Gasteiger partial charge in [0.15, 0.2) is 24.3 Å². The lowest BCUT2D eigenvalue weighted by atomic mass is 9.95. The van der Waals surface area contributed by atoms with E-state index in [1.807, 2.05) is 6.07 Å². The number of esters is 1. The van der Waals surface area contributed by atoms with Crippen LogP contribution in [0, 0.1) is 11.3 Å². The zero-order valence-electron chi connectivity index (χ0n) is 21.8. The fourth-order valence-electron chi connectivity index (χ4n) is 3.75. The van der Waals surface area contributed by atoms with Crippen molar-refractivity contribution in [3.63, 3.8) is 0 Å². The number of nitrogens with zero attached hydrogens (tertiary/aromatic N) is 2. The second kappa shape index (κ2) is 14.3. The number of hydrazone groups is 1. The number of rotatable bonds is 12. The van der Waals surface area contributed by atoms with Crippen molar-refractivity contribution >= 4 is 41.4 Å².